The fraction of sp³-hybridized carbons (Fsp3) is 0. The van der Waals surface area contributed by atoms with E-state index >= 15 is 0 Å². The minimum Gasteiger partial charge on any atom is -0.506 e. The number of halogens is 1. The predicted molar refractivity (Wildman–Crippen MR) is 70.0 cm³/mol. The highest BCUT2D eigenvalue weighted by Crippen LogP contribution is 2.27. The maximum Gasteiger partial charge on any atom is 0.146 e. The second-order valence-corrected chi connectivity index (χ2v) is 4.49. The van der Waals surface area contributed by atoms with Crippen LogP contribution in [0.1, 0.15) is 0 Å². The Hall–Kier alpha value is -1.81. The number of pyridine rings is 1. The molecule has 0 saturated heterocycles. The molecule has 0 amide bonds. The largest absolute Gasteiger partial charge is 0.506 e. The van der Waals surface area contributed by atoms with Crippen LogP contribution in [0.25, 0.3) is 16.9 Å². The molecule has 1 N–H and O–H groups in total. The second kappa shape index (κ2) is 3.89. The molecule has 17 heavy (non-hydrogen) atoms. The van der Waals surface area contributed by atoms with Crippen molar-refractivity contribution in [3.63, 3.8) is 0 Å². The predicted octanol–water partition coefficient (Wildman–Crippen LogP) is 3.47. The molecule has 4 heteroatoms. The van der Waals surface area contributed by atoms with Gasteiger partial charge >= 0.3 is 0 Å². The Morgan fingerprint density at radius 1 is 1.06 bits per heavy atom. The van der Waals surface area contributed by atoms with Gasteiger partial charge in [-0.1, -0.05) is 30.3 Å². The van der Waals surface area contributed by atoms with E-state index in [-0.39, 0.29) is 5.75 Å². The average molecular weight is 289 g/mol. The molecule has 0 atom stereocenters. The molecule has 0 bridgehead atoms. The number of aromatic hydroxyl groups is 1. The maximum atomic E-state index is 9.55. The zero-order chi connectivity index (χ0) is 11.8. The number of rotatable bonds is 1. The van der Waals surface area contributed by atoms with Crippen LogP contribution in [0.2, 0.25) is 0 Å². The zero-order valence-electron chi connectivity index (χ0n) is 8.84. The molecule has 1 aromatic carbocycles. The topological polar surface area (TPSA) is 37.5 Å². The van der Waals surface area contributed by atoms with Gasteiger partial charge in [-0.15, -0.1) is 0 Å². The van der Waals surface area contributed by atoms with Crippen LogP contribution in [-0.4, -0.2) is 14.5 Å². The van der Waals surface area contributed by atoms with Gasteiger partial charge in [0.15, 0.2) is 0 Å². The molecule has 0 aliphatic carbocycles. The highest BCUT2D eigenvalue weighted by molar-refractivity contribution is 9.10. The maximum absolute atomic E-state index is 9.55. The van der Waals surface area contributed by atoms with Crippen molar-refractivity contribution in [3.05, 3.63) is 53.3 Å². The summed E-state index contributed by atoms with van der Waals surface area (Å²) in [5.74, 6) is 1.03. The van der Waals surface area contributed by atoms with E-state index in [0.717, 1.165) is 21.5 Å². The van der Waals surface area contributed by atoms with Gasteiger partial charge in [0.05, 0.1) is 11.7 Å². The summed E-state index contributed by atoms with van der Waals surface area (Å²) in [6.45, 7) is 0. The van der Waals surface area contributed by atoms with Gasteiger partial charge in [-0.3, -0.25) is 4.40 Å². The van der Waals surface area contributed by atoms with Crippen LogP contribution in [0.15, 0.2) is 53.3 Å². The fourth-order valence-corrected chi connectivity index (χ4v) is 2.32. The molecule has 0 spiro atoms. The van der Waals surface area contributed by atoms with E-state index in [2.05, 4.69) is 20.9 Å². The SMILES string of the molecule is Oc1ccc2c(Br)nc(-c3ccccc3)n2c1. The van der Waals surface area contributed by atoms with E-state index in [0.29, 0.717) is 0 Å². The van der Waals surface area contributed by atoms with Gasteiger partial charge < -0.3 is 5.11 Å². The lowest BCUT2D eigenvalue weighted by atomic mass is 10.2. The first kappa shape index (κ1) is 10.4. The fourth-order valence-electron chi connectivity index (χ4n) is 1.83. The number of imidazole rings is 1. The van der Waals surface area contributed by atoms with E-state index in [1.165, 1.54) is 0 Å². The quantitative estimate of drug-likeness (QED) is 0.744. The molecule has 0 unspecified atom stereocenters. The third kappa shape index (κ3) is 1.70. The molecule has 0 radical (unpaired) electrons. The second-order valence-electron chi connectivity index (χ2n) is 3.73. The number of nitrogens with zero attached hydrogens (tertiary/aromatic N) is 2. The van der Waals surface area contributed by atoms with Crippen molar-refractivity contribution in [1.29, 1.82) is 0 Å². The van der Waals surface area contributed by atoms with E-state index in [4.69, 9.17) is 0 Å². The first-order valence-electron chi connectivity index (χ1n) is 5.18. The molecular formula is C13H9BrN2O. The van der Waals surface area contributed by atoms with Crippen LogP contribution in [0.5, 0.6) is 5.75 Å². The van der Waals surface area contributed by atoms with E-state index in [1.807, 2.05) is 40.8 Å². The van der Waals surface area contributed by atoms with Crippen molar-refractivity contribution in [2.24, 2.45) is 0 Å². The van der Waals surface area contributed by atoms with Crippen LogP contribution in [-0.2, 0) is 0 Å². The van der Waals surface area contributed by atoms with Crippen LogP contribution in [0.4, 0.5) is 0 Å². The molecule has 0 aliphatic rings. The van der Waals surface area contributed by atoms with Crippen molar-refractivity contribution in [1.82, 2.24) is 9.38 Å². The number of aromatic nitrogens is 2. The van der Waals surface area contributed by atoms with Crippen molar-refractivity contribution in [3.8, 4) is 17.1 Å². The summed E-state index contributed by atoms with van der Waals surface area (Å²) in [7, 11) is 0. The van der Waals surface area contributed by atoms with Gasteiger partial charge in [0.2, 0.25) is 0 Å². The molecule has 3 nitrogen and oxygen atoms in total. The van der Waals surface area contributed by atoms with E-state index in [9.17, 15) is 5.11 Å². The Labute approximate surface area is 106 Å². The minimum absolute atomic E-state index is 0.222. The lowest BCUT2D eigenvalue weighted by Gasteiger charge is -2.01. The Bertz CT molecular complexity index is 676. The van der Waals surface area contributed by atoms with Crippen LogP contribution < -0.4 is 0 Å². The Morgan fingerprint density at radius 2 is 1.82 bits per heavy atom. The van der Waals surface area contributed by atoms with Gasteiger partial charge in [-0.2, -0.15) is 0 Å². The van der Waals surface area contributed by atoms with Gasteiger partial charge in [-0.25, -0.2) is 4.98 Å². The summed E-state index contributed by atoms with van der Waals surface area (Å²) in [5.41, 5.74) is 1.94. The smallest absolute Gasteiger partial charge is 0.146 e. The molecule has 3 rings (SSSR count). The molecule has 0 aliphatic heterocycles. The summed E-state index contributed by atoms with van der Waals surface area (Å²) in [5, 5.41) is 9.55. The van der Waals surface area contributed by atoms with Crippen LogP contribution in [0.3, 0.4) is 0 Å². The van der Waals surface area contributed by atoms with Crippen molar-refractivity contribution < 1.29 is 5.11 Å². The lowest BCUT2D eigenvalue weighted by Crippen LogP contribution is -1.88. The van der Waals surface area contributed by atoms with Gasteiger partial charge in [0.25, 0.3) is 0 Å². The van der Waals surface area contributed by atoms with E-state index < -0.39 is 0 Å². The van der Waals surface area contributed by atoms with Crippen molar-refractivity contribution in [2.75, 3.05) is 0 Å². The van der Waals surface area contributed by atoms with Crippen molar-refractivity contribution >= 4 is 21.4 Å². The van der Waals surface area contributed by atoms with Gasteiger partial charge in [0.1, 0.15) is 16.2 Å². The zero-order valence-corrected chi connectivity index (χ0v) is 10.4. The highest BCUT2D eigenvalue weighted by atomic mass is 79.9. The van der Waals surface area contributed by atoms with Crippen molar-refractivity contribution in [2.45, 2.75) is 0 Å². The summed E-state index contributed by atoms with van der Waals surface area (Å²) >= 11 is 3.43. The molecule has 84 valence electrons. The first-order valence-corrected chi connectivity index (χ1v) is 5.97. The molecule has 2 aromatic heterocycles. The van der Waals surface area contributed by atoms with Gasteiger partial charge in [0, 0.05) is 5.56 Å². The Balaban J connectivity index is 2.34. The average Bonchev–Trinajstić information content (AvgIpc) is 2.67. The molecule has 3 aromatic rings. The van der Waals surface area contributed by atoms with Crippen LogP contribution in [0, 0.1) is 0 Å². The summed E-state index contributed by atoms with van der Waals surface area (Å²) < 4.78 is 2.64. The summed E-state index contributed by atoms with van der Waals surface area (Å²) in [6, 6.07) is 13.4. The minimum atomic E-state index is 0.222. The number of fused-ring (bicyclic) bond motifs is 1. The summed E-state index contributed by atoms with van der Waals surface area (Å²) in [4.78, 5) is 4.47. The number of hydrogen-bond donors (Lipinski definition) is 1. The standard InChI is InChI=1S/C13H9BrN2O/c14-12-11-7-6-10(17)8-16(11)13(15-12)9-4-2-1-3-5-9/h1-8,17H. The van der Waals surface area contributed by atoms with Crippen LogP contribution >= 0.6 is 15.9 Å². The number of hydrogen-bond acceptors (Lipinski definition) is 2. The molecular weight excluding hydrogens is 280 g/mol. The molecule has 0 fully saturated rings. The molecule has 2 heterocycles. The number of benzene rings is 1. The molecule has 0 saturated carbocycles. The third-order valence-electron chi connectivity index (χ3n) is 2.61. The Morgan fingerprint density at radius 3 is 2.59 bits per heavy atom. The van der Waals surface area contributed by atoms with E-state index in [1.54, 1.807) is 12.3 Å². The summed E-state index contributed by atoms with van der Waals surface area (Å²) in [6.07, 6.45) is 1.66. The van der Waals surface area contributed by atoms with Gasteiger partial charge in [-0.05, 0) is 28.1 Å². The normalized spacial score (nSPS) is 10.9. The lowest BCUT2D eigenvalue weighted by molar-refractivity contribution is 0.472. The first-order chi connectivity index (χ1) is 8.25. The Kier molecular flexibility index (Phi) is 2.37. The monoisotopic (exact) mass is 288 g/mol. The highest BCUT2D eigenvalue weighted by Gasteiger charge is 2.10. The third-order valence-corrected chi connectivity index (χ3v) is 3.19.